The molecule has 2 saturated heterocycles. The predicted molar refractivity (Wildman–Crippen MR) is 110 cm³/mol. The molecule has 2 bridgehead atoms. The quantitative estimate of drug-likeness (QED) is 0.622. The van der Waals surface area contributed by atoms with Gasteiger partial charge in [-0.05, 0) is 49.4 Å². The molecule has 2 aliphatic rings. The van der Waals surface area contributed by atoms with Gasteiger partial charge in [-0.25, -0.2) is 9.59 Å². The molecule has 162 valence electrons. The number of carbonyl (C=O) groups excluding carboxylic acids is 1. The number of nitrogens with zero attached hydrogens (tertiary/aromatic N) is 3. The number of hydrogen-bond donors (Lipinski definition) is 3. The topological polar surface area (TPSA) is 118 Å². The number of carboxylic acid groups (broad SMARTS) is 1. The van der Waals surface area contributed by atoms with E-state index in [1.54, 1.807) is 24.3 Å². The summed E-state index contributed by atoms with van der Waals surface area (Å²) in [5.41, 5.74) is 0.545. The lowest BCUT2D eigenvalue weighted by Gasteiger charge is -2.46. The van der Waals surface area contributed by atoms with Crippen LogP contribution in [0.5, 0.6) is 5.75 Å². The molecule has 9 nitrogen and oxygen atoms in total. The van der Waals surface area contributed by atoms with Gasteiger partial charge in [-0.15, -0.1) is 0 Å². The number of nitriles is 1. The average Bonchev–Trinajstić information content (AvgIpc) is 2.71. The molecule has 0 aromatic heterocycles. The van der Waals surface area contributed by atoms with E-state index in [-0.39, 0.29) is 18.7 Å². The first-order valence-corrected chi connectivity index (χ1v) is 10.3. The highest BCUT2D eigenvalue weighted by Gasteiger charge is 2.36. The molecule has 0 saturated carbocycles. The van der Waals surface area contributed by atoms with Gasteiger partial charge in [0.1, 0.15) is 12.4 Å². The summed E-state index contributed by atoms with van der Waals surface area (Å²) in [4.78, 5) is 27.6. The zero-order valence-corrected chi connectivity index (χ0v) is 17.2. The lowest BCUT2D eigenvalue weighted by Crippen LogP contribution is -2.58. The predicted octanol–water partition coefficient (Wildman–Crippen LogP) is 1.56. The van der Waals surface area contributed by atoms with Crippen LogP contribution in [0.15, 0.2) is 24.3 Å². The number of ether oxygens (including phenoxy) is 1. The van der Waals surface area contributed by atoms with Crippen molar-refractivity contribution in [3.63, 3.8) is 0 Å². The third kappa shape index (κ3) is 6.00. The molecule has 3 atom stereocenters. The minimum absolute atomic E-state index is 0.00175. The third-order valence-electron chi connectivity index (χ3n) is 5.51. The Kier molecular flexibility index (Phi) is 7.36. The van der Waals surface area contributed by atoms with Gasteiger partial charge in [-0.2, -0.15) is 5.26 Å². The molecule has 2 heterocycles. The summed E-state index contributed by atoms with van der Waals surface area (Å²) in [6.07, 6.45) is 0.0218. The number of benzene rings is 1. The van der Waals surface area contributed by atoms with Crippen molar-refractivity contribution in [3.8, 4) is 11.8 Å². The van der Waals surface area contributed by atoms with Gasteiger partial charge in [0.25, 0.3) is 0 Å². The van der Waals surface area contributed by atoms with E-state index in [0.717, 1.165) is 32.6 Å². The molecule has 3 rings (SSSR count). The van der Waals surface area contributed by atoms with Crippen LogP contribution < -0.4 is 15.4 Å². The first-order chi connectivity index (χ1) is 14.5. The van der Waals surface area contributed by atoms with E-state index in [1.165, 1.54) is 0 Å². The fraction of sp³-hybridized carbons (Fsp3) is 0.571. The highest BCUT2D eigenvalue weighted by molar-refractivity contribution is 5.74. The van der Waals surface area contributed by atoms with Gasteiger partial charge in [0.2, 0.25) is 0 Å². The van der Waals surface area contributed by atoms with Crippen molar-refractivity contribution >= 4 is 12.1 Å². The molecule has 2 aliphatic heterocycles. The van der Waals surface area contributed by atoms with Crippen LogP contribution in [0.3, 0.4) is 0 Å². The van der Waals surface area contributed by atoms with Crippen LogP contribution in [0.4, 0.5) is 9.59 Å². The van der Waals surface area contributed by atoms with E-state index < -0.39 is 6.09 Å². The number of likely N-dealkylation sites (tertiary alicyclic amines) is 2. The fourth-order valence-corrected chi connectivity index (χ4v) is 4.41. The second kappa shape index (κ2) is 10.2. The van der Waals surface area contributed by atoms with Gasteiger partial charge in [-0.3, -0.25) is 0 Å². The van der Waals surface area contributed by atoms with Crippen molar-refractivity contribution in [2.24, 2.45) is 11.8 Å². The monoisotopic (exact) mass is 415 g/mol. The van der Waals surface area contributed by atoms with Crippen molar-refractivity contribution in [2.75, 3.05) is 45.9 Å². The maximum Gasteiger partial charge on any atom is 0.405 e. The summed E-state index contributed by atoms with van der Waals surface area (Å²) in [6, 6.07) is 8.43. The van der Waals surface area contributed by atoms with Crippen LogP contribution >= 0.6 is 0 Å². The number of carbonyl (C=O) groups is 2. The zero-order valence-electron chi connectivity index (χ0n) is 17.2. The Morgan fingerprint density at radius 2 is 1.90 bits per heavy atom. The number of fused-ring (bicyclic) bond motifs is 2. The Morgan fingerprint density at radius 1 is 1.23 bits per heavy atom. The first kappa shape index (κ1) is 21.7. The van der Waals surface area contributed by atoms with Gasteiger partial charge in [0.15, 0.2) is 0 Å². The molecule has 0 aliphatic carbocycles. The van der Waals surface area contributed by atoms with E-state index in [2.05, 4.69) is 21.6 Å². The van der Waals surface area contributed by atoms with Gasteiger partial charge in [-0.1, -0.05) is 0 Å². The summed E-state index contributed by atoms with van der Waals surface area (Å²) < 4.78 is 5.76. The Morgan fingerprint density at radius 3 is 2.47 bits per heavy atom. The van der Waals surface area contributed by atoms with Crippen LogP contribution in [0.2, 0.25) is 0 Å². The second-order valence-corrected chi connectivity index (χ2v) is 8.02. The fourth-order valence-electron chi connectivity index (χ4n) is 4.41. The Bertz CT molecular complexity index is 765. The maximum atomic E-state index is 12.2. The van der Waals surface area contributed by atoms with Crippen molar-refractivity contribution < 1.29 is 19.4 Å². The van der Waals surface area contributed by atoms with Crippen molar-refractivity contribution in [1.82, 2.24) is 20.4 Å². The standard InChI is InChI=1S/C21H29N5O4/c1-2-23-20(27)26-11-16-7-17(12-26)10-25(9-16)13-18(24-21(28)29)14-30-19-5-3-15(8-22)4-6-19/h3-6,16-18,24H,2,7,9-14H2,1H3,(H,23,27)(H,28,29)/t16?,17?,18-/m0/s1. The first-order valence-electron chi connectivity index (χ1n) is 10.3. The highest BCUT2D eigenvalue weighted by atomic mass is 16.5. The highest BCUT2D eigenvalue weighted by Crippen LogP contribution is 2.28. The molecule has 0 radical (unpaired) electrons. The molecule has 9 heteroatoms. The lowest BCUT2D eigenvalue weighted by atomic mass is 9.84. The number of rotatable bonds is 7. The van der Waals surface area contributed by atoms with E-state index >= 15 is 0 Å². The summed E-state index contributed by atoms with van der Waals surface area (Å²) in [5.74, 6) is 1.38. The Hall–Kier alpha value is -2.99. The molecule has 1 aromatic rings. The van der Waals surface area contributed by atoms with Gasteiger partial charge < -0.3 is 30.3 Å². The zero-order chi connectivity index (χ0) is 21.5. The van der Waals surface area contributed by atoms with E-state index in [1.807, 2.05) is 11.8 Å². The van der Waals surface area contributed by atoms with Gasteiger partial charge >= 0.3 is 12.1 Å². The normalized spacial score (nSPS) is 21.9. The lowest BCUT2D eigenvalue weighted by molar-refractivity contribution is 0.0388. The van der Waals surface area contributed by atoms with Crippen molar-refractivity contribution in [2.45, 2.75) is 19.4 Å². The van der Waals surface area contributed by atoms with Crippen LogP contribution in [-0.2, 0) is 0 Å². The summed E-state index contributed by atoms with van der Waals surface area (Å²) >= 11 is 0. The smallest absolute Gasteiger partial charge is 0.405 e. The Balaban J connectivity index is 1.54. The summed E-state index contributed by atoms with van der Waals surface area (Å²) in [5, 5.41) is 23.5. The number of piperidine rings is 2. The molecule has 2 unspecified atom stereocenters. The Labute approximate surface area is 176 Å². The van der Waals surface area contributed by atoms with E-state index in [9.17, 15) is 14.7 Å². The van der Waals surface area contributed by atoms with E-state index in [0.29, 0.717) is 36.2 Å². The molecule has 3 N–H and O–H groups in total. The molecule has 1 aromatic carbocycles. The molecule has 30 heavy (non-hydrogen) atoms. The van der Waals surface area contributed by atoms with E-state index in [4.69, 9.17) is 10.00 Å². The maximum absolute atomic E-state index is 12.2. The van der Waals surface area contributed by atoms with Crippen LogP contribution in [-0.4, -0.2) is 78.9 Å². The van der Waals surface area contributed by atoms with Crippen LogP contribution in [0.1, 0.15) is 18.9 Å². The van der Waals surface area contributed by atoms with Gasteiger partial charge in [0, 0.05) is 39.3 Å². The summed E-state index contributed by atoms with van der Waals surface area (Å²) in [6.45, 7) is 6.43. The SMILES string of the molecule is CCNC(=O)N1CC2CC(CN(C[C@@H](COc3ccc(C#N)cc3)NC(=O)O)C2)C1. The van der Waals surface area contributed by atoms with Crippen LogP contribution in [0.25, 0.3) is 0 Å². The van der Waals surface area contributed by atoms with Gasteiger partial charge in [0.05, 0.1) is 17.7 Å². The second-order valence-electron chi connectivity index (χ2n) is 8.02. The number of urea groups is 1. The molecular weight excluding hydrogens is 386 g/mol. The number of hydrogen-bond acceptors (Lipinski definition) is 5. The molecule has 2 fully saturated rings. The molecule has 3 amide bonds. The number of nitrogens with one attached hydrogen (secondary N) is 2. The third-order valence-corrected chi connectivity index (χ3v) is 5.51. The molecule has 0 spiro atoms. The summed E-state index contributed by atoms with van der Waals surface area (Å²) in [7, 11) is 0. The minimum atomic E-state index is -1.08. The van der Waals surface area contributed by atoms with Crippen molar-refractivity contribution in [3.05, 3.63) is 29.8 Å². The van der Waals surface area contributed by atoms with Crippen LogP contribution in [0, 0.1) is 23.2 Å². The van der Waals surface area contributed by atoms with Crippen molar-refractivity contribution in [1.29, 1.82) is 5.26 Å². The average molecular weight is 415 g/mol. The largest absolute Gasteiger partial charge is 0.491 e. The molecular formula is C21H29N5O4. The number of amides is 3. The minimum Gasteiger partial charge on any atom is -0.491 e.